The highest BCUT2D eigenvalue weighted by Crippen LogP contribution is 2.23. The molecule has 90 valence electrons. The molecule has 0 saturated heterocycles. The van der Waals surface area contributed by atoms with E-state index in [-0.39, 0.29) is 6.04 Å². The van der Waals surface area contributed by atoms with Crippen LogP contribution in [0, 0.1) is 0 Å². The second kappa shape index (κ2) is 5.34. The Bertz CT molecular complexity index is 493. The van der Waals surface area contributed by atoms with Crippen LogP contribution in [-0.4, -0.2) is 16.1 Å². The van der Waals surface area contributed by atoms with E-state index in [2.05, 4.69) is 23.3 Å². The predicted molar refractivity (Wildman–Crippen MR) is 70.2 cm³/mol. The molecular weight excluding hydrogens is 234 g/mol. The van der Waals surface area contributed by atoms with Crippen molar-refractivity contribution >= 4 is 11.6 Å². The van der Waals surface area contributed by atoms with Crippen LogP contribution in [0.25, 0.3) is 0 Å². The lowest BCUT2D eigenvalue weighted by atomic mass is 10.0. The quantitative estimate of drug-likeness (QED) is 0.903. The molecule has 2 aromatic rings. The highest BCUT2D eigenvalue weighted by atomic mass is 35.5. The zero-order valence-corrected chi connectivity index (χ0v) is 10.8. The summed E-state index contributed by atoms with van der Waals surface area (Å²) in [7, 11) is 2.00. The van der Waals surface area contributed by atoms with Crippen LogP contribution in [0.1, 0.15) is 24.2 Å². The van der Waals surface area contributed by atoms with Gasteiger partial charge in [0.1, 0.15) is 0 Å². The number of benzene rings is 1. The van der Waals surface area contributed by atoms with Crippen LogP contribution in [0.3, 0.4) is 0 Å². The van der Waals surface area contributed by atoms with Crippen molar-refractivity contribution in [3.05, 3.63) is 53.1 Å². The molecule has 1 unspecified atom stereocenters. The molecule has 0 bridgehead atoms. The first-order valence-electron chi connectivity index (χ1n) is 5.67. The molecule has 0 aliphatic carbocycles. The summed E-state index contributed by atoms with van der Waals surface area (Å²) in [5.74, 6) is 0. The molecule has 0 radical (unpaired) electrons. The number of imidazole rings is 1. The lowest BCUT2D eigenvalue weighted by Gasteiger charge is -2.19. The molecule has 1 atom stereocenters. The van der Waals surface area contributed by atoms with E-state index in [9.17, 15) is 0 Å². The summed E-state index contributed by atoms with van der Waals surface area (Å²) in [5.41, 5.74) is 2.29. The van der Waals surface area contributed by atoms with E-state index in [1.54, 1.807) is 0 Å². The van der Waals surface area contributed by atoms with E-state index in [0.717, 1.165) is 22.8 Å². The lowest BCUT2D eigenvalue weighted by molar-refractivity contribution is 0.593. The zero-order chi connectivity index (χ0) is 12.3. The maximum absolute atomic E-state index is 6.04. The van der Waals surface area contributed by atoms with Crippen molar-refractivity contribution in [2.24, 2.45) is 7.05 Å². The molecule has 0 aliphatic heterocycles. The van der Waals surface area contributed by atoms with Crippen molar-refractivity contribution in [2.45, 2.75) is 13.0 Å². The van der Waals surface area contributed by atoms with Crippen molar-refractivity contribution < 1.29 is 0 Å². The van der Waals surface area contributed by atoms with Crippen molar-refractivity contribution in [1.82, 2.24) is 14.9 Å². The molecule has 17 heavy (non-hydrogen) atoms. The number of aromatic nitrogens is 2. The normalized spacial score (nSPS) is 12.6. The first-order valence-corrected chi connectivity index (χ1v) is 6.05. The minimum Gasteiger partial charge on any atom is -0.336 e. The second-order valence-corrected chi connectivity index (χ2v) is 4.41. The third kappa shape index (κ3) is 2.68. The molecule has 2 rings (SSSR count). The van der Waals surface area contributed by atoms with E-state index in [1.807, 2.05) is 42.3 Å². The van der Waals surface area contributed by atoms with Gasteiger partial charge >= 0.3 is 0 Å². The minimum atomic E-state index is 0.131. The smallest absolute Gasteiger partial charge is 0.0946 e. The monoisotopic (exact) mass is 249 g/mol. The predicted octanol–water partition coefficient (Wildman–Crippen LogP) is 2.77. The number of halogens is 1. The van der Waals surface area contributed by atoms with Crippen molar-refractivity contribution in [3.63, 3.8) is 0 Å². The summed E-state index contributed by atoms with van der Waals surface area (Å²) in [6, 6.07) is 8.05. The maximum atomic E-state index is 6.04. The Hall–Kier alpha value is -1.32. The van der Waals surface area contributed by atoms with E-state index < -0.39 is 0 Å². The van der Waals surface area contributed by atoms with E-state index in [0.29, 0.717) is 0 Å². The molecule has 0 aliphatic rings. The third-order valence-corrected chi connectivity index (χ3v) is 2.98. The summed E-state index contributed by atoms with van der Waals surface area (Å²) in [6.45, 7) is 2.98. The molecule has 1 N–H and O–H groups in total. The second-order valence-electron chi connectivity index (χ2n) is 3.98. The molecule has 1 aromatic heterocycles. The Labute approximate surface area is 106 Å². The first kappa shape index (κ1) is 12.1. The van der Waals surface area contributed by atoms with Crippen molar-refractivity contribution in [3.8, 4) is 0 Å². The zero-order valence-electron chi connectivity index (χ0n) is 10.0. The van der Waals surface area contributed by atoms with Crippen LogP contribution in [0.2, 0.25) is 5.02 Å². The summed E-state index contributed by atoms with van der Waals surface area (Å²) in [5, 5.41) is 4.21. The lowest BCUT2D eigenvalue weighted by Crippen LogP contribution is -2.23. The fraction of sp³-hybridized carbons (Fsp3) is 0.308. The number of rotatable bonds is 4. The summed E-state index contributed by atoms with van der Waals surface area (Å²) >= 11 is 6.04. The van der Waals surface area contributed by atoms with Gasteiger partial charge in [0.25, 0.3) is 0 Å². The van der Waals surface area contributed by atoms with Gasteiger partial charge in [-0.25, -0.2) is 4.98 Å². The summed E-state index contributed by atoms with van der Waals surface area (Å²) in [6.07, 6.45) is 3.69. The van der Waals surface area contributed by atoms with Gasteiger partial charge in [0.2, 0.25) is 0 Å². The SMILES string of the molecule is CCNC(c1cccc(Cl)c1)c1cncn1C. The van der Waals surface area contributed by atoms with Gasteiger partial charge < -0.3 is 9.88 Å². The Morgan fingerprint density at radius 1 is 1.47 bits per heavy atom. The van der Waals surface area contributed by atoms with Crippen molar-refractivity contribution in [1.29, 1.82) is 0 Å². The summed E-state index contributed by atoms with van der Waals surface area (Å²) in [4.78, 5) is 4.16. The van der Waals surface area contributed by atoms with Crippen LogP contribution in [0.4, 0.5) is 0 Å². The van der Waals surface area contributed by atoms with Gasteiger partial charge in [0, 0.05) is 12.1 Å². The molecule has 1 heterocycles. The number of hydrogen-bond donors (Lipinski definition) is 1. The molecule has 0 spiro atoms. The molecule has 4 heteroatoms. The number of aryl methyl sites for hydroxylation is 1. The largest absolute Gasteiger partial charge is 0.336 e. The molecule has 0 saturated carbocycles. The average Bonchev–Trinajstić information content (AvgIpc) is 2.72. The van der Waals surface area contributed by atoms with Gasteiger partial charge in [-0.2, -0.15) is 0 Å². The van der Waals surface area contributed by atoms with Crippen LogP contribution in [-0.2, 0) is 7.05 Å². The highest BCUT2D eigenvalue weighted by Gasteiger charge is 2.16. The minimum absolute atomic E-state index is 0.131. The van der Waals surface area contributed by atoms with Gasteiger partial charge in [0.15, 0.2) is 0 Å². The number of hydrogen-bond acceptors (Lipinski definition) is 2. The van der Waals surface area contributed by atoms with Crippen LogP contribution in [0.5, 0.6) is 0 Å². The molecule has 0 fully saturated rings. The van der Waals surface area contributed by atoms with E-state index in [1.165, 1.54) is 0 Å². The summed E-state index contributed by atoms with van der Waals surface area (Å²) < 4.78 is 2.02. The Morgan fingerprint density at radius 2 is 2.29 bits per heavy atom. The molecule has 0 amide bonds. The first-order chi connectivity index (χ1) is 8.22. The number of nitrogens with one attached hydrogen (secondary N) is 1. The highest BCUT2D eigenvalue weighted by molar-refractivity contribution is 6.30. The fourth-order valence-electron chi connectivity index (χ4n) is 1.93. The van der Waals surface area contributed by atoms with Crippen LogP contribution < -0.4 is 5.32 Å². The average molecular weight is 250 g/mol. The van der Waals surface area contributed by atoms with E-state index >= 15 is 0 Å². The Kier molecular flexibility index (Phi) is 3.82. The van der Waals surface area contributed by atoms with Crippen LogP contribution in [0.15, 0.2) is 36.8 Å². The van der Waals surface area contributed by atoms with Gasteiger partial charge in [0.05, 0.1) is 24.3 Å². The standard InChI is InChI=1S/C13H16ClN3/c1-3-16-13(12-8-15-9-17(12)2)10-5-4-6-11(14)7-10/h4-9,13,16H,3H2,1-2H3. The Morgan fingerprint density at radius 3 is 2.88 bits per heavy atom. The third-order valence-electron chi connectivity index (χ3n) is 2.74. The van der Waals surface area contributed by atoms with Crippen molar-refractivity contribution in [2.75, 3.05) is 6.54 Å². The van der Waals surface area contributed by atoms with E-state index in [4.69, 9.17) is 11.6 Å². The topological polar surface area (TPSA) is 29.9 Å². The molecular formula is C13H16ClN3. The molecule has 3 nitrogen and oxygen atoms in total. The van der Waals surface area contributed by atoms with Gasteiger partial charge in [-0.05, 0) is 24.2 Å². The van der Waals surface area contributed by atoms with Crippen LogP contribution >= 0.6 is 11.6 Å². The van der Waals surface area contributed by atoms with Gasteiger partial charge in [-0.3, -0.25) is 0 Å². The molecule has 1 aromatic carbocycles. The fourth-order valence-corrected chi connectivity index (χ4v) is 2.13. The number of nitrogens with zero attached hydrogens (tertiary/aromatic N) is 2. The maximum Gasteiger partial charge on any atom is 0.0946 e. The Balaban J connectivity index is 2.39. The van der Waals surface area contributed by atoms with Gasteiger partial charge in [-0.15, -0.1) is 0 Å². The van der Waals surface area contributed by atoms with Gasteiger partial charge in [-0.1, -0.05) is 30.7 Å².